The first-order chi connectivity index (χ1) is 7.27. The number of fused-ring (bicyclic) bond motifs is 1. The van der Waals surface area contributed by atoms with Crippen LogP contribution in [0.4, 0.5) is 0 Å². The SMILES string of the molecule is O=C(O)c1ccc2c(c1)CC/C=C/CC2. The maximum absolute atomic E-state index is 10.8. The molecule has 1 aromatic carbocycles. The van der Waals surface area contributed by atoms with Crippen LogP contribution in [0.25, 0.3) is 0 Å². The van der Waals surface area contributed by atoms with Crippen LogP contribution in [0.3, 0.4) is 0 Å². The lowest BCUT2D eigenvalue weighted by atomic mass is 9.95. The minimum absolute atomic E-state index is 0.401. The number of aromatic carboxylic acids is 1. The van der Waals surface area contributed by atoms with Crippen LogP contribution in [0, 0.1) is 0 Å². The van der Waals surface area contributed by atoms with Crippen LogP contribution < -0.4 is 0 Å². The molecule has 0 bridgehead atoms. The van der Waals surface area contributed by atoms with Gasteiger partial charge in [-0.1, -0.05) is 18.2 Å². The quantitative estimate of drug-likeness (QED) is 0.711. The molecule has 0 aliphatic heterocycles. The number of hydrogen-bond acceptors (Lipinski definition) is 1. The molecule has 2 rings (SSSR count). The highest BCUT2D eigenvalue weighted by atomic mass is 16.4. The van der Waals surface area contributed by atoms with Crippen molar-refractivity contribution >= 4 is 5.97 Å². The van der Waals surface area contributed by atoms with Gasteiger partial charge in [0, 0.05) is 0 Å². The molecule has 2 heteroatoms. The molecule has 0 atom stereocenters. The van der Waals surface area contributed by atoms with Crippen LogP contribution in [0.2, 0.25) is 0 Å². The summed E-state index contributed by atoms with van der Waals surface area (Å²) in [5, 5.41) is 8.90. The predicted octanol–water partition coefficient (Wildman–Crippen LogP) is 2.82. The van der Waals surface area contributed by atoms with E-state index in [-0.39, 0.29) is 0 Å². The first-order valence-electron chi connectivity index (χ1n) is 5.27. The summed E-state index contributed by atoms with van der Waals surface area (Å²) < 4.78 is 0. The van der Waals surface area contributed by atoms with Gasteiger partial charge in [0.1, 0.15) is 0 Å². The molecular weight excluding hydrogens is 188 g/mol. The third-order valence-electron chi connectivity index (χ3n) is 2.78. The normalized spacial score (nSPS) is 17.3. The van der Waals surface area contributed by atoms with E-state index in [9.17, 15) is 4.79 Å². The van der Waals surface area contributed by atoms with Crippen molar-refractivity contribution in [3.05, 3.63) is 47.0 Å². The number of aryl methyl sites for hydroxylation is 2. The fourth-order valence-corrected chi connectivity index (χ4v) is 1.95. The van der Waals surface area contributed by atoms with Crippen LogP contribution >= 0.6 is 0 Å². The minimum Gasteiger partial charge on any atom is -0.478 e. The monoisotopic (exact) mass is 202 g/mol. The standard InChI is InChI=1S/C13H14O2/c14-13(15)12-8-7-10-5-3-1-2-4-6-11(10)9-12/h1-2,7-9H,3-6H2,(H,14,15)/b2-1+. The minimum atomic E-state index is -0.838. The van der Waals surface area contributed by atoms with E-state index < -0.39 is 5.97 Å². The molecule has 78 valence electrons. The Morgan fingerprint density at radius 2 is 1.73 bits per heavy atom. The smallest absolute Gasteiger partial charge is 0.335 e. The zero-order chi connectivity index (χ0) is 10.7. The fourth-order valence-electron chi connectivity index (χ4n) is 1.95. The van der Waals surface area contributed by atoms with Crippen molar-refractivity contribution in [2.75, 3.05) is 0 Å². The second kappa shape index (κ2) is 4.30. The van der Waals surface area contributed by atoms with Gasteiger partial charge in [0.2, 0.25) is 0 Å². The van der Waals surface area contributed by atoms with Gasteiger partial charge in [-0.2, -0.15) is 0 Å². The van der Waals surface area contributed by atoms with E-state index in [0.29, 0.717) is 5.56 Å². The number of hydrogen-bond donors (Lipinski definition) is 1. The van der Waals surface area contributed by atoms with Crippen LogP contribution in [-0.4, -0.2) is 11.1 Å². The molecule has 0 aromatic heterocycles. The second-order valence-corrected chi connectivity index (χ2v) is 3.84. The van der Waals surface area contributed by atoms with E-state index in [0.717, 1.165) is 25.7 Å². The number of carboxylic acid groups (broad SMARTS) is 1. The van der Waals surface area contributed by atoms with Gasteiger partial charge in [0.25, 0.3) is 0 Å². The van der Waals surface area contributed by atoms with Crippen molar-refractivity contribution in [2.45, 2.75) is 25.7 Å². The van der Waals surface area contributed by atoms with Crippen LogP contribution in [0.15, 0.2) is 30.4 Å². The third kappa shape index (κ3) is 2.27. The number of allylic oxidation sites excluding steroid dienone is 2. The fraction of sp³-hybridized carbons (Fsp3) is 0.308. The zero-order valence-corrected chi connectivity index (χ0v) is 8.57. The molecule has 1 N–H and O–H groups in total. The van der Waals surface area contributed by atoms with Gasteiger partial charge < -0.3 is 5.11 Å². The summed E-state index contributed by atoms with van der Waals surface area (Å²) >= 11 is 0. The van der Waals surface area contributed by atoms with Crippen molar-refractivity contribution in [3.8, 4) is 0 Å². The molecule has 0 radical (unpaired) electrons. The number of carboxylic acids is 1. The molecule has 0 saturated heterocycles. The number of rotatable bonds is 1. The van der Waals surface area contributed by atoms with Gasteiger partial charge in [-0.25, -0.2) is 4.79 Å². The average molecular weight is 202 g/mol. The Balaban J connectivity index is 2.34. The molecular formula is C13H14O2. The average Bonchev–Trinajstić information content (AvgIpc) is 2.18. The maximum atomic E-state index is 10.8. The summed E-state index contributed by atoms with van der Waals surface area (Å²) in [7, 11) is 0. The van der Waals surface area contributed by atoms with Gasteiger partial charge >= 0.3 is 5.97 Å². The Labute approximate surface area is 89.2 Å². The molecule has 0 amide bonds. The van der Waals surface area contributed by atoms with Crippen LogP contribution in [-0.2, 0) is 12.8 Å². The lowest BCUT2D eigenvalue weighted by Gasteiger charge is -2.11. The van der Waals surface area contributed by atoms with Gasteiger partial charge in [-0.05, 0) is 48.9 Å². The van der Waals surface area contributed by atoms with E-state index in [4.69, 9.17) is 5.11 Å². The first kappa shape index (κ1) is 9.97. The van der Waals surface area contributed by atoms with Gasteiger partial charge in [-0.3, -0.25) is 0 Å². The Bertz CT molecular complexity index is 405. The van der Waals surface area contributed by atoms with E-state index in [1.54, 1.807) is 6.07 Å². The Morgan fingerprint density at radius 3 is 2.40 bits per heavy atom. The van der Waals surface area contributed by atoms with Crippen molar-refractivity contribution < 1.29 is 9.90 Å². The highest BCUT2D eigenvalue weighted by molar-refractivity contribution is 5.87. The van der Waals surface area contributed by atoms with E-state index in [1.165, 1.54) is 11.1 Å². The summed E-state index contributed by atoms with van der Waals surface area (Å²) in [6.45, 7) is 0. The van der Waals surface area contributed by atoms with Gasteiger partial charge in [0.15, 0.2) is 0 Å². The molecule has 0 heterocycles. The predicted molar refractivity (Wildman–Crippen MR) is 59.2 cm³/mol. The molecule has 0 spiro atoms. The molecule has 2 nitrogen and oxygen atoms in total. The summed E-state index contributed by atoms with van der Waals surface area (Å²) in [5.74, 6) is -0.838. The van der Waals surface area contributed by atoms with Crippen molar-refractivity contribution in [2.24, 2.45) is 0 Å². The largest absolute Gasteiger partial charge is 0.478 e. The molecule has 1 aliphatic rings. The summed E-state index contributed by atoms with van der Waals surface area (Å²) in [4.78, 5) is 10.8. The lowest BCUT2D eigenvalue weighted by molar-refractivity contribution is 0.0697. The van der Waals surface area contributed by atoms with E-state index in [1.807, 2.05) is 12.1 Å². The molecule has 0 fully saturated rings. The molecule has 15 heavy (non-hydrogen) atoms. The lowest BCUT2D eigenvalue weighted by Crippen LogP contribution is -2.02. The van der Waals surface area contributed by atoms with E-state index >= 15 is 0 Å². The zero-order valence-electron chi connectivity index (χ0n) is 8.57. The molecule has 1 aliphatic carbocycles. The van der Waals surface area contributed by atoms with Crippen molar-refractivity contribution in [1.29, 1.82) is 0 Å². The number of benzene rings is 1. The summed E-state index contributed by atoms with van der Waals surface area (Å²) in [6, 6.07) is 5.47. The third-order valence-corrected chi connectivity index (χ3v) is 2.78. The highest BCUT2D eigenvalue weighted by Crippen LogP contribution is 2.18. The first-order valence-corrected chi connectivity index (χ1v) is 5.27. The van der Waals surface area contributed by atoms with Gasteiger partial charge in [0.05, 0.1) is 5.56 Å². The van der Waals surface area contributed by atoms with Crippen molar-refractivity contribution in [3.63, 3.8) is 0 Å². The summed E-state index contributed by atoms with van der Waals surface area (Å²) in [6.07, 6.45) is 8.42. The van der Waals surface area contributed by atoms with E-state index in [2.05, 4.69) is 12.2 Å². The highest BCUT2D eigenvalue weighted by Gasteiger charge is 2.08. The second-order valence-electron chi connectivity index (χ2n) is 3.84. The summed E-state index contributed by atoms with van der Waals surface area (Å²) in [5.41, 5.74) is 2.89. The maximum Gasteiger partial charge on any atom is 0.335 e. The molecule has 1 aromatic rings. The molecule has 0 saturated carbocycles. The topological polar surface area (TPSA) is 37.3 Å². The Hall–Kier alpha value is -1.57. The van der Waals surface area contributed by atoms with Gasteiger partial charge in [-0.15, -0.1) is 0 Å². The number of carbonyl (C=O) groups is 1. The Kier molecular flexibility index (Phi) is 2.86. The Morgan fingerprint density at radius 1 is 1.07 bits per heavy atom. The molecule has 0 unspecified atom stereocenters. The van der Waals surface area contributed by atoms with Crippen LogP contribution in [0.1, 0.15) is 34.3 Å². The van der Waals surface area contributed by atoms with Crippen molar-refractivity contribution in [1.82, 2.24) is 0 Å². The van der Waals surface area contributed by atoms with Crippen LogP contribution in [0.5, 0.6) is 0 Å².